The quantitative estimate of drug-likeness (QED) is 0.0169. The highest BCUT2D eigenvalue weighted by Crippen LogP contribution is 2.45. The van der Waals surface area contributed by atoms with E-state index in [0.717, 1.165) is 135 Å². The summed E-state index contributed by atoms with van der Waals surface area (Å²) in [5, 5.41) is 10.6. The average Bonchev–Trinajstić information content (AvgIpc) is 0.937. The number of phosphoric ester groups is 2. The summed E-state index contributed by atoms with van der Waals surface area (Å²) in [7, 11) is -10.00. The van der Waals surface area contributed by atoms with E-state index in [4.69, 9.17) is 37.0 Å². The molecule has 0 amide bonds. The smallest absolute Gasteiger partial charge is 0.462 e. The van der Waals surface area contributed by atoms with Crippen LogP contribution in [0, 0.1) is 0 Å². The van der Waals surface area contributed by atoms with E-state index in [1.807, 2.05) is 24.3 Å². The molecular weight excluding hydrogens is 1350 g/mol. The summed E-state index contributed by atoms with van der Waals surface area (Å²) in [6.07, 6.45) is 85.8. The zero-order valence-corrected chi connectivity index (χ0v) is 66.9. The molecular formula is C85H144O17P2. The van der Waals surface area contributed by atoms with Crippen molar-refractivity contribution in [1.29, 1.82) is 0 Å². The number of aliphatic hydroxyl groups is 1. The third-order valence-electron chi connectivity index (χ3n) is 16.6. The maximum absolute atomic E-state index is 13.1. The molecule has 0 radical (unpaired) electrons. The second-order valence-electron chi connectivity index (χ2n) is 26.6. The topological polar surface area (TPSA) is 237 Å². The number of hydrogen-bond acceptors (Lipinski definition) is 15. The van der Waals surface area contributed by atoms with Gasteiger partial charge in [-0.05, 0) is 161 Å². The number of ether oxygens (including phenoxy) is 4. The van der Waals surface area contributed by atoms with Crippen LogP contribution in [0.2, 0.25) is 0 Å². The van der Waals surface area contributed by atoms with Crippen molar-refractivity contribution in [3.8, 4) is 0 Å². The van der Waals surface area contributed by atoms with Gasteiger partial charge in [-0.1, -0.05) is 271 Å². The van der Waals surface area contributed by atoms with Crippen molar-refractivity contribution in [2.24, 2.45) is 0 Å². The second-order valence-corrected chi connectivity index (χ2v) is 29.5. The van der Waals surface area contributed by atoms with Gasteiger partial charge < -0.3 is 33.8 Å². The standard InChI is InChI=1S/C85H144O17P2/c1-5-9-13-17-21-25-29-33-37-39-43-45-49-53-57-61-65-69-82(87)95-75-80(101-84(89)71-67-63-59-55-51-47-41-35-31-27-23-19-15-11-7-3)77-99-103(91,92)97-73-79(86)74-98-104(93,94)100-78-81(102-85(90)72-68-64-60-56-52-48-42-36-32-28-24-20-16-12-8-4)76-96-83(88)70-66-62-58-54-50-46-44-40-38-34-30-26-22-18-14-10-6-2/h21-23,25-27,33-38,41-46,53-54,57-58,79-81,86H,5-20,24,28-32,39-40,47-52,55-56,59-78H2,1-4H3,(H,91,92)(H,93,94)/b25-21-,26-22-,27-23-,37-33-,38-34-,41-35-,42-36-,45-43-,46-44-,57-53-,58-54-/t79-,80+,81+/m0/s1. The van der Waals surface area contributed by atoms with Crippen molar-refractivity contribution < 1.29 is 80.2 Å². The number of aliphatic hydroxyl groups excluding tert-OH is 1. The lowest BCUT2D eigenvalue weighted by molar-refractivity contribution is -0.161. The van der Waals surface area contributed by atoms with Gasteiger partial charge in [0.25, 0.3) is 0 Å². The maximum atomic E-state index is 13.1. The maximum Gasteiger partial charge on any atom is 0.472 e. The first-order valence-corrected chi connectivity index (χ1v) is 43.4. The number of carbonyl (C=O) groups is 4. The van der Waals surface area contributed by atoms with Gasteiger partial charge in [0, 0.05) is 25.7 Å². The van der Waals surface area contributed by atoms with Crippen molar-refractivity contribution in [3.05, 3.63) is 134 Å². The minimum Gasteiger partial charge on any atom is -0.462 e. The van der Waals surface area contributed by atoms with Crippen LogP contribution in [0.4, 0.5) is 0 Å². The van der Waals surface area contributed by atoms with Gasteiger partial charge in [0.15, 0.2) is 12.2 Å². The molecule has 0 fully saturated rings. The molecule has 0 bridgehead atoms. The number of phosphoric acid groups is 2. The van der Waals surface area contributed by atoms with E-state index in [9.17, 15) is 43.2 Å². The Kier molecular flexibility index (Phi) is 72.9. The molecule has 0 aromatic rings. The molecule has 0 aliphatic heterocycles. The van der Waals surface area contributed by atoms with Crippen LogP contribution in [-0.2, 0) is 65.4 Å². The minimum atomic E-state index is -5.00. The van der Waals surface area contributed by atoms with E-state index in [2.05, 4.69) is 137 Å². The molecule has 596 valence electrons. The van der Waals surface area contributed by atoms with Crippen LogP contribution in [0.3, 0.4) is 0 Å². The molecule has 0 aromatic heterocycles. The van der Waals surface area contributed by atoms with Crippen LogP contribution >= 0.6 is 15.6 Å². The second kappa shape index (κ2) is 76.4. The van der Waals surface area contributed by atoms with Crippen molar-refractivity contribution in [2.45, 2.75) is 341 Å². The van der Waals surface area contributed by atoms with E-state index >= 15 is 0 Å². The zero-order valence-electron chi connectivity index (χ0n) is 65.2. The summed E-state index contributed by atoms with van der Waals surface area (Å²) < 4.78 is 68.5. The fourth-order valence-electron chi connectivity index (χ4n) is 10.3. The molecule has 0 spiro atoms. The molecule has 0 aliphatic carbocycles. The summed E-state index contributed by atoms with van der Waals surface area (Å²) in [4.78, 5) is 73.0. The Morgan fingerprint density at radius 2 is 0.481 bits per heavy atom. The van der Waals surface area contributed by atoms with E-state index in [0.29, 0.717) is 38.5 Å². The van der Waals surface area contributed by atoms with Crippen molar-refractivity contribution in [1.82, 2.24) is 0 Å². The van der Waals surface area contributed by atoms with Gasteiger partial charge in [-0.15, -0.1) is 0 Å². The molecule has 0 heterocycles. The Balaban J connectivity index is 5.48. The molecule has 0 saturated carbocycles. The number of esters is 4. The first-order chi connectivity index (χ1) is 50.7. The molecule has 19 heteroatoms. The lowest BCUT2D eigenvalue weighted by atomic mass is 10.1. The number of unbranched alkanes of at least 4 members (excludes halogenated alkanes) is 27. The molecule has 5 atom stereocenters. The van der Waals surface area contributed by atoms with Crippen LogP contribution in [0.25, 0.3) is 0 Å². The Morgan fingerprint density at radius 3 is 0.779 bits per heavy atom. The van der Waals surface area contributed by atoms with Gasteiger partial charge in [0.05, 0.1) is 26.4 Å². The molecule has 2 unspecified atom stereocenters. The highest BCUT2D eigenvalue weighted by Gasteiger charge is 2.30. The largest absolute Gasteiger partial charge is 0.472 e. The van der Waals surface area contributed by atoms with Crippen molar-refractivity contribution in [3.63, 3.8) is 0 Å². The summed E-state index contributed by atoms with van der Waals surface area (Å²) >= 11 is 0. The lowest BCUT2D eigenvalue weighted by Crippen LogP contribution is -2.30. The van der Waals surface area contributed by atoms with E-state index in [-0.39, 0.29) is 25.7 Å². The molecule has 0 aliphatic rings. The first-order valence-electron chi connectivity index (χ1n) is 40.4. The van der Waals surface area contributed by atoms with Crippen molar-refractivity contribution >= 4 is 39.5 Å². The fourth-order valence-corrected chi connectivity index (χ4v) is 11.9. The summed E-state index contributed by atoms with van der Waals surface area (Å²) in [5.41, 5.74) is 0. The van der Waals surface area contributed by atoms with E-state index < -0.39 is 97.5 Å². The van der Waals surface area contributed by atoms with Crippen LogP contribution in [-0.4, -0.2) is 96.7 Å². The summed E-state index contributed by atoms with van der Waals surface area (Å²) in [6, 6.07) is 0. The molecule has 0 aromatic carbocycles. The Bertz CT molecular complexity index is 2490. The van der Waals surface area contributed by atoms with Gasteiger partial charge >= 0.3 is 39.5 Å². The van der Waals surface area contributed by atoms with Crippen LogP contribution in [0.5, 0.6) is 0 Å². The van der Waals surface area contributed by atoms with Crippen LogP contribution in [0.15, 0.2) is 134 Å². The average molecular weight is 1500 g/mol. The monoisotopic (exact) mass is 1500 g/mol. The predicted molar refractivity (Wildman–Crippen MR) is 427 cm³/mol. The number of rotatable bonds is 75. The molecule has 3 N–H and O–H groups in total. The minimum absolute atomic E-state index is 0.0631. The third-order valence-corrected chi connectivity index (χ3v) is 18.5. The molecule has 17 nitrogen and oxygen atoms in total. The zero-order chi connectivity index (χ0) is 76.0. The van der Waals surface area contributed by atoms with Gasteiger partial charge in [-0.2, -0.15) is 0 Å². The lowest BCUT2D eigenvalue weighted by Gasteiger charge is -2.21. The number of hydrogen-bond donors (Lipinski definition) is 3. The first kappa shape index (κ1) is 99.2. The highest BCUT2D eigenvalue weighted by molar-refractivity contribution is 7.47. The normalized spacial score (nSPS) is 14.6. The van der Waals surface area contributed by atoms with Gasteiger partial charge in [0.1, 0.15) is 19.3 Å². The number of allylic oxidation sites excluding steroid dienone is 22. The highest BCUT2D eigenvalue weighted by atomic mass is 31.2. The fraction of sp³-hybridized carbons (Fsp3) is 0.694. The number of carbonyl (C=O) groups excluding carboxylic acids is 4. The molecule has 0 rings (SSSR count). The van der Waals surface area contributed by atoms with E-state index in [1.165, 1.54) is 96.3 Å². The molecule has 0 saturated heterocycles. The third kappa shape index (κ3) is 75.4. The van der Waals surface area contributed by atoms with Gasteiger partial charge in [-0.25, -0.2) is 9.13 Å². The summed E-state index contributed by atoms with van der Waals surface area (Å²) in [6.45, 7) is 4.65. The van der Waals surface area contributed by atoms with Gasteiger partial charge in [-0.3, -0.25) is 37.3 Å². The Labute approximate surface area is 631 Å². The molecule has 104 heavy (non-hydrogen) atoms. The Hall–Kier alpha value is -4.80. The summed E-state index contributed by atoms with van der Waals surface area (Å²) in [5.74, 6) is -2.33. The Morgan fingerprint density at radius 1 is 0.269 bits per heavy atom. The predicted octanol–water partition coefficient (Wildman–Crippen LogP) is 23.7. The SMILES string of the molecule is CCCCC/C=C\C/C=C\C/C=C\C/C=C\CCCC(=O)OC[C@H](COP(=O)(O)OC[C@H](O)COP(=O)(O)OC[C@@H](COC(=O)CCC/C=C\C/C=C\C/C=C\C/C=C\CCCCC)OC(=O)CCCCCCC/C=C\CCCCCCCC)OC(=O)CCCCCCC/C=C\C/C=C\CCCCC. The van der Waals surface area contributed by atoms with Crippen LogP contribution in [0.1, 0.15) is 323 Å². The van der Waals surface area contributed by atoms with E-state index in [1.54, 1.807) is 0 Å². The van der Waals surface area contributed by atoms with Crippen molar-refractivity contribution in [2.75, 3.05) is 39.6 Å². The van der Waals surface area contributed by atoms with Gasteiger partial charge in [0.2, 0.25) is 0 Å². The van der Waals surface area contributed by atoms with Crippen LogP contribution < -0.4 is 0 Å².